The van der Waals surface area contributed by atoms with Crippen molar-refractivity contribution in [2.75, 3.05) is 25.2 Å². The van der Waals surface area contributed by atoms with E-state index in [0.717, 1.165) is 9.80 Å². The van der Waals surface area contributed by atoms with Gasteiger partial charge in [0.2, 0.25) is 5.91 Å². The molecule has 0 spiro atoms. The van der Waals surface area contributed by atoms with Crippen LogP contribution in [0.3, 0.4) is 0 Å². The van der Waals surface area contributed by atoms with Gasteiger partial charge in [-0.15, -0.1) is 11.8 Å². The number of carbonyl (C=O) groups excluding carboxylic acids is 2. The Morgan fingerprint density at radius 1 is 1.12 bits per heavy atom. The average molecular weight is 453 g/mol. The lowest BCUT2D eigenvalue weighted by molar-refractivity contribution is -0.116. The van der Waals surface area contributed by atoms with Gasteiger partial charge in [0.05, 0.1) is 27.3 Å². The van der Waals surface area contributed by atoms with Crippen LogP contribution in [0.15, 0.2) is 29.2 Å². The van der Waals surface area contributed by atoms with Crippen molar-refractivity contribution in [2.24, 2.45) is 0 Å². The summed E-state index contributed by atoms with van der Waals surface area (Å²) >= 11 is 25.2. The number of para-hydroxylation sites is 1. The first-order valence-corrected chi connectivity index (χ1v) is 9.88. The summed E-state index contributed by atoms with van der Waals surface area (Å²) in [5, 5.41) is 2.40. The minimum absolute atomic E-state index is 0.0380. The van der Waals surface area contributed by atoms with Crippen LogP contribution in [0.2, 0.25) is 20.2 Å². The van der Waals surface area contributed by atoms with E-state index in [2.05, 4.69) is 10.3 Å². The van der Waals surface area contributed by atoms with Crippen molar-refractivity contribution in [2.45, 2.75) is 4.90 Å². The Hall–Kier alpha value is -1.18. The molecule has 0 aliphatic heterocycles. The van der Waals surface area contributed by atoms with Crippen molar-refractivity contribution in [3.8, 4) is 0 Å². The molecule has 2 rings (SSSR count). The van der Waals surface area contributed by atoms with Crippen LogP contribution in [0, 0.1) is 0 Å². The van der Waals surface area contributed by atoms with Crippen molar-refractivity contribution in [1.82, 2.24) is 9.88 Å². The summed E-state index contributed by atoms with van der Waals surface area (Å²) in [6.45, 7) is -0.211. The maximum Gasteiger partial charge on any atom is 0.274 e. The molecule has 1 N–H and O–H groups in total. The lowest BCUT2D eigenvalue weighted by Gasteiger charge is -2.18. The summed E-state index contributed by atoms with van der Waals surface area (Å²) in [5.41, 5.74) is 0.491. The number of nitrogens with one attached hydrogen (secondary N) is 1. The van der Waals surface area contributed by atoms with Crippen LogP contribution in [0.1, 0.15) is 10.5 Å². The number of hydrogen-bond donors (Lipinski definition) is 1. The molecule has 0 aliphatic carbocycles. The molecule has 0 radical (unpaired) electrons. The van der Waals surface area contributed by atoms with E-state index in [0.29, 0.717) is 5.69 Å². The number of anilines is 1. The monoisotopic (exact) mass is 451 g/mol. The predicted molar refractivity (Wildman–Crippen MR) is 108 cm³/mol. The molecule has 0 bridgehead atoms. The fourth-order valence-electron chi connectivity index (χ4n) is 2.03. The Labute approximate surface area is 175 Å². The highest BCUT2D eigenvalue weighted by molar-refractivity contribution is 7.98. The minimum Gasteiger partial charge on any atom is -0.331 e. The van der Waals surface area contributed by atoms with Gasteiger partial charge >= 0.3 is 0 Å². The molecule has 138 valence electrons. The van der Waals surface area contributed by atoms with E-state index in [1.54, 1.807) is 6.07 Å². The Morgan fingerprint density at radius 2 is 1.77 bits per heavy atom. The van der Waals surface area contributed by atoms with Gasteiger partial charge in [0.15, 0.2) is 0 Å². The third-order valence-corrected chi connectivity index (χ3v) is 5.77. The van der Waals surface area contributed by atoms with Crippen molar-refractivity contribution in [3.63, 3.8) is 0 Å². The van der Waals surface area contributed by atoms with Crippen LogP contribution in [-0.4, -0.2) is 41.5 Å². The summed E-state index contributed by atoms with van der Waals surface area (Å²) in [4.78, 5) is 30.7. The highest BCUT2D eigenvalue weighted by Gasteiger charge is 2.24. The smallest absolute Gasteiger partial charge is 0.274 e. The molecular weight excluding hydrogens is 440 g/mol. The number of thioether (sulfide) groups is 1. The number of pyridine rings is 1. The second-order valence-electron chi connectivity index (χ2n) is 5.10. The van der Waals surface area contributed by atoms with E-state index >= 15 is 0 Å². The van der Waals surface area contributed by atoms with Crippen LogP contribution in [0.5, 0.6) is 0 Å². The number of rotatable bonds is 5. The van der Waals surface area contributed by atoms with Gasteiger partial charge in [-0.05, 0) is 18.4 Å². The van der Waals surface area contributed by atoms with Crippen LogP contribution >= 0.6 is 58.2 Å². The molecule has 0 fully saturated rings. The molecule has 10 heteroatoms. The van der Waals surface area contributed by atoms with Gasteiger partial charge in [-0.1, -0.05) is 58.5 Å². The first-order chi connectivity index (χ1) is 12.3. The standard InChI is InChI=1S/C16H13Cl4N3O2S/c1-23(7-10(24)21-8-5-3-4-6-9(8)26-2)16(25)14-12(18)11(17)13(19)15(20)22-14/h3-6H,7H2,1-2H3,(H,21,24). The quantitative estimate of drug-likeness (QED) is 0.504. The van der Waals surface area contributed by atoms with E-state index < -0.39 is 5.91 Å². The summed E-state index contributed by atoms with van der Waals surface area (Å²) in [6, 6.07) is 7.35. The van der Waals surface area contributed by atoms with Crippen molar-refractivity contribution < 1.29 is 9.59 Å². The van der Waals surface area contributed by atoms with Crippen molar-refractivity contribution >= 4 is 75.7 Å². The van der Waals surface area contributed by atoms with Gasteiger partial charge in [0.25, 0.3) is 5.91 Å². The van der Waals surface area contributed by atoms with E-state index in [1.165, 1.54) is 18.8 Å². The van der Waals surface area contributed by atoms with Gasteiger partial charge in [-0.2, -0.15) is 0 Å². The predicted octanol–water partition coefficient (Wildman–Crippen LogP) is 5.13. The molecule has 0 saturated heterocycles. The molecule has 5 nitrogen and oxygen atoms in total. The molecule has 0 aliphatic rings. The maximum absolute atomic E-state index is 12.5. The van der Waals surface area contributed by atoms with Gasteiger partial charge in [-0.3, -0.25) is 9.59 Å². The van der Waals surface area contributed by atoms with Gasteiger partial charge in [0, 0.05) is 11.9 Å². The normalized spacial score (nSPS) is 10.5. The summed E-state index contributed by atoms with van der Waals surface area (Å²) in [7, 11) is 1.44. The number of aromatic nitrogens is 1. The Morgan fingerprint density at radius 3 is 2.42 bits per heavy atom. The minimum atomic E-state index is -0.608. The average Bonchev–Trinajstić information content (AvgIpc) is 2.62. The fraction of sp³-hybridized carbons (Fsp3) is 0.188. The second-order valence-corrected chi connectivity index (χ2v) is 7.44. The maximum atomic E-state index is 12.5. The lowest BCUT2D eigenvalue weighted by atomic mass is 10.3. The van der Waals surface area contributed by atoms with E-state index in [-0.39, 0.29) is 38.4 Å². The SMILES string of the molecule is CSc1ccccc1NC(=O)CN(C)C(=O)c1nc(Cl)c(Cl)c(Cl)c1Cl. The molecule has 1 heterocycles. The van der Waals surface area contributed by atoms with Crippen molar-refractivity contribution in [1.29, 1.82) is 0 Å². The molecule has 1 aromatic carbocycles. The zero-order valence-corrected chi connectivity index (χ0v) is 17.5. The zero-order valence-electron chi connectivity index (χ0n) is 13.6. The number of likely N-dealkylation sites (N-methyl/N-ethyl adjacent to an activating group) is 1. The molecule has 2 amide bonds. The Balaban J connectivity index is 2.13. The van der Waals surface area contributed by atoms with Crippen LogP contribution in [0.25, 0.3) is 0 Å². The Kier molecular flexibility index (Phi) is 7.43. The molecule has 26 heavy (non-hydrogen) atoms. The van der Waals surface area contributed by atoms with Crippen LogP contribution in [-0.2, 0) is 4.79 Å². The number of hydrogen-bond acceptors (Lipinski definition) is 4. The first-order valence-electron chi connectivity index (χ1n) is 7.14. The highest BCUT2D eigenvalue weighted by Crippen LogP contribution is 2.36. The summed E-state index contributed by atoms with van der Waals surface area (Å²) in [6.07, 6.45) is 1.91. The fourth-order valence-corrected chi connectivity index (χ4v) is 3.40. The number of halogens is 4. The second kappa shape index (κ2) is 9.15. The van der Waals surface area contributed by atoms with Gasteiger partial charge in [0.1, 0.15) is 10.8 Å². The summed E-state index contributed by atoms with van der Waals surface area (Å²) < 4.78 is 0. The largest absolute Gasteiger partial charge is 0.331 e. The number of nitrogens with zero attached hydrogens (tertiary/aromatic N) is 2. The number of benzene rings is 1. The molecule has 1 aromatic heterocycles. The van der Waals surface area contributed by atoms with E-state index in [9.17, 15) is 9.59 Å². The molecule has 0 saturated carbocycles. The molecule has 0 unspecified atom stereocenters. The zero-order chi connectivity index (χ0) is 19.4. The number of carbonyl (C=O) groups is 2. The molecular formula is C16H13Cl4N3O2S. The third kappa shape index (κ3) is 4.75. The van der Waals surface area contributed by atoms with Gasteiger partial charge < -0.3 is 10.2 Å². The highest BCUT2D eigenvalue weighted by atomic mass is 35.5. The Bertz CT molecular complexity index is 864. The topological polar surface area (TPSA) is 62.3 Å². The van der Waals surface area contributed by atoms with Crippen molar-refractivity contribution in [3.05, 3.63) is 50.2 Å². The lowest BCUT2D eigenvalue weighted by Crippen LogP contribution is -2.35. The van der Waals surface area contributed by atoms with Gasteiger partial charge in [-0.25, -0.2) is 4.98 Å². The number of amides is 2. The van der Waals surface area contributed by atoms with Crippen LogP contribution in [0.4, 0.5) is 5.69 Å². The third-order valence-electron chi connectivity index (χ3n) is 3.30. The van der Waals surface area contributed by atoms with E-state index in [4.69, 9.17) is 46.4 Å². The molecule has 0 atom stereocenters. The first kappa shape index (κ1) is 21.1. The molecule has 2 aromatic rings. The van der Waals surface area contributed by atoms with E-state index in [1.807, 2.05) is 24.5 Å². The summed E-state index contributed by atoms with van der Waals surface area (Å²) in [5.74, 6) is -0.978. The van der Waals surface area contributed by atoms with Crippen LogP contribution < -0.4 is 5.32 Å².